The van der Waals surface area contributed by atoms with Crippen LogP contribution in [0.15, 0.2) is 30.6 Å². The Hall–Kier alpha value is -2.52. The van der Waals surface area contributed by atoms with Gasteiger partial charge in [-0.05, 0) is 43.9 Å². The minimum Gasteiger partial charge on any atom is -0.362 e. The Morgan fingerprint density at radius 2 is 2.03 bits per heavy atom. The quantitative estimate of drug-likeness (QED) is 0.281. The van der Waals surface area contributed by atoms with Crippen LogP contribution in [0, 0.1) is 0 Å². The molecule has 2 aliphatic rings. The van der Waals surface area contributed by atoms with Crippen LogP contribution in [0.1, 0.15) is 56.8 Å². The van der Waals surface area contributed by atoms with Crippen LogP contribution >= 0.6 is 23.4 Å². The van der Waals surface area contributed by atoms with E-state index in [-0.39, 0.29) is 30.1 Å². The summed E-state index contributed by atoms with van der Waals surface area (Å²) >= 11 is 8.29. The number of nitrogens with one attached hydrogen (secondary N) is 4. The van der Waals surface area contributed by atoms with Crippen molar-refractivity contribution >= 4 is 46.8 Å². The van der Waals surface area contributed by atoms with Gasteiger partial charge in [-0.3, -0.25) is 4.79 Å². The van der Waals surface area contributed by atoms with E-state index in [4.69, 9.17) is 11.6 Å². The van der Waals surface area contributed by atoms with Gasteiger partial charge in [0.05, 0.1) is 17.8 Å². The van der Waals surface area contributed by atoms with E-state index in [1.807, 2.05) is 49.9 Å². The van der Waals surface area contributed by atoms with Gasteiger partial charge in [-0.25, -0.2) is 14.8 Å². The van der Waals surface area contributed by atoms with Crippen molar-refractivity contribution in [3.63, 3.8) is 0 Å². The van der Waals surface area contributed by atoms with Crippen molar-refractivity contribution in [2.24, 2.45) is 0 Å². The van der Waals surface area contributed by atoms with Crippen LogP contribution in [0.25, 0.3) is 0 Å². The molecule has 2 aromatic rings. The highest BCUT2D eigenvalue weighted by Gasteiger charge is 2.42. The molecule has 0 spiro atoms. The number of halogens is 1. The summed E-state index contributed by atoms with van der Waals surface area (Å²) in [4.78, 5) is 32.3. The van der Waals surface area contributed by atoms with Gasteiger partial charge >= 0.3 is 6.03 Å². The van der Waals surface area contributed by atoms with Crippen LogP contribution in [0.5, 0.6) is 0 Å². The molecule has 34 heavy (non-hydrogen) atoms. The standard InChI is InChI=1S/C24H31ClN6O2S/c1-3-17-21(25)23(27-13-26-17)28-14(2)15-8-10-16(11-9-15)29-20(32)7-5-4-6-19-22-18(12-34-19)30-24(33)31-22/h8-11,13-14,18-19,22H,3-7,12H2,1-2H3,(H,29,32)(H,26,27,28)(H2,30,31,33)/t14?,18-,19-,22-/m0/s1. The number of unbranched alkanes of at least 4 members (excludes halogenated alkanes) is 1. The fraction of sp³-hybridized carbons (Fsp3) is 0.500. The number of fused-ring (bicyclic) bond motifs is 1. The summed E-state index contributed by atoms with van der Waals surface area (Å²) in [5.41, 5.74) is 2.66. The molecule has 2 saturated heterocycles. The van der Waals surface area contributed by atoms with Gasteiger partial charge in [0.25, 0.3) is 0 Å². The highest BCUT2D eigenvalue weighted by atomic mass is 35.5. The maximum absolute atomic E-state index is 12.4. The number of aryl methyl sites for hydroxylation is 1. The molecule has 1 aromatic carbocycles. The SMILES string of the molecule is CCc1ncnc(NC(C)c2ccc(NC(=O)CCCC[C@@H]3SC[C@@H]4NC(=O)N[C@@H]43)cc2)c1Cl. The van der Waals surface area contributed by atoms with E-state index in [1.165, 1.54) is 6.33 Å². The fourth-order valence-electron chi connectivity index (χ4n) is 4.39. The predicted octanol–water partition coefficient (Wildman–Crippen LogP) is 4.53. The van der Waals surface area contributed by atoms with Crippen LogP contribution in [-0.4, -0.2) is 45.0 Å². The number of thioether (sulfide) groups is 1. The maximum Gasteiger partial charge on any atom is 0.315 e. The fourth-order valence-corrected chi connectivity index (χ4v) is 6.22. The molecule has 2 fully saturated rings. The van der Waals surface area contributed by atoms with Crippen molar-refractivity contribution in [2.45, 2.75) is 69.3 Å². The molecule has 0 saturated carbocycles. The monoisotopic (exact) mass is 502 g/mol. The first kappa shape index (κ1) is 24.6. The smallest absolute Gasteiger partial charge is 0.315 e. The Labute approximate surface area is 209 Å². The van der Waals surface area contributed by atoms with E-state index in [1.54, 1.807) is 0 Å². The number of rotatable bonds is 10. The first-order valence-electron chi connectivity index (χ1n) is 11.8. The maximum atomic E-state index is 12.4. The van der Waals surface area contributed by atoms with Gasteiger partial charge < -0.3 is 21.3 Å². The third-order valence-electron chi connectivity index (χ3n) is 6.32. The summed E-state index contributed by atoms with van der Waals surface area (Å²) in [6, 6.07) is 8.21. The molecular formula is C24H31ClN6O2S. The van der Waals surface area contributed by atoms with Crippen molar-refractivity contribution in [1.29, 1.82) is 0 Å². The lowest BCUT2D eigenvalue weighted by atomic mass is 10.0. The molecule has 3 heterocycles. The number of aromatic nitrogens is 2. The lowest BCUT2D eigenvalue weighted by Gasteiger charge is -2.17. The Morgan fingerprint density at radius 1 is 1.24 bits per heavy atom. The molecule has 4 rings (SSSR count). The Kier molecular flexibility index (Phi) is 8.15. The number of anilines is 2. The summed E-state index contributed by atoms with van der Waals surface area (Å²) < 4.78 is 0. The molecule has 3 amide bonds. The lowest BCUT2D eigenvalue weighted by Crippen LogP contribution is -2.36. The summed E-state index contributed by atoms with van der Waals surface area (Å²) in [6.45, 7) is 4.04. The van der Waals surface area contributed by atoms with Gasteiger partial charge in [0.2, 0.25) is 5.91 Å². The number of hydrogen-bond acceptors (Lipinski definition) is 6. The highest BCUT2D eigenvalue weighted by molar-refractivity contribution is 8.00. The number of nitrogens with zero attached hydrogens (tertiary/aromatic N) is 2. The molecule has 10 heteroatoms. The zero-order valence-corrected chi connectivity index (χ0v) is 21.0. The predicted molar refractivity (Wildman–Crippen MR) is 137 cm³/mol. The average Bonchev–Trinajstić information content (AvgIpc) is 3.37. The van der Waals surface area contributed by atoms with Crippen LogP contribution < -0.4 is 21.3 Å². The number of urea groups is 1. The van der Waals surface area contributed by atoms with E-state index in [2.05, 4.69) is 31.2 Å². The molecule has 182 valence electrons. The van der Waals surface area contributed by atoms with Gasteiger partial charge in [0.1, 0.15) is 17.2 Å². The zero-order chi connectivity index (χ0) is 24.1. The Bertz CT molecular complexity index is 1020. The normalized spacial score (nSPS) is 22.0. The van der Waals surface area contributed by atoms with Gasteiger partial charge in [-0.15, -0.1) is 0 Å². The van der Waals surface area contributed by atoms with E-state index in [0.29, 0.717) is 22.5 Å². The number of benzene rings is 1. The minimum absolute atomic E-state index is 0.00485. The topological polar surface area (TPSA) is 108 Å². The largest absolute Gasteiger partial charge is 0.362 e. The van der Waals surface area contributed by atoms with E-state index in [0.717, 1.165) is 48.4 Å². The van der Waals surface area contributed by atoms with Crippen LogP contribution in [-0.2, 0) is 11.2 Å². The van der Waals surface area contributed by atoms with Gasteiger partial charge in [-0.1, -0.05) is 37.1 Å². The molecule has 0 bridgehead atoms. The number of amides is 3. The molecule has 8 nitrogen and oxygen atoms in total. The molecule has 2 aliphatic heterocycles. The Morgan fingerprint density at radius 3 is 2.79 bits per heavy atom. The van der Waals surface area contributed by atoms with Crippen LogP contribution in [0.4, 0.5) is 16.3 Å². The number of carbonyl (C=O) groups excluding carboxylic acids is 2. The van der Waals surface area contributed by atoms with Crippen molar-refractivity contribution in [2.75, 3.05) is 16.4 Å². The molecule has 1 unspecified atom stereocenters. The highest BCUT2D eigenvalue weighted by Crippen LogP contribution is 2.33. The first-order chi connectivity index (χ1) is 16.4. The number of hydrogen-bond donors (Lipinski definition) is 4. The third kappa shape index (κ3) is 5.93. The van der Waals surface area contributed by atoms with Gasteiger partial charge in [-0.2, -0.15) is 11.8 Å². The second kappa shape index (κ2) is 11.3. The second-order valence-corrected chi connectivity index (χ2v) is 10.4. The van der Waals surface area contributed by atoms with Crippen molar-refractivity contribution in [3.8, 4) is 0 Å². The Balaban J connectivity index is 1.19. The molecule has 4 N–H and O–H groups in total. The molecule has 4 atom stereocenters. The summed E-state index contributed by atoms with van der Waals surface area (Å²) in [7, 11) is 0. The van der Waals surface area contributed by atoms with Crippen molar-refractivity contribution in [3.05, 3.63) is 46.9 Å². The van der Waals surface area contributed by atoms with Gasteiger partial charge in [0.15, 0.2) is 0 Å². The van der Waals surface area contributed by atoms with Crippen LogP contribution in [0.3, 0.4) is 0 Å². The number of carbonyl (C=O) groups is 2. The van der Waals surface area contributed by atoms with Crippen molar-refractivity contribution in [1.82, 2.24) is 20.6 Å². The zero-order valence-electron chi connectivity index (χ0n) is 19.4. The molecule has 1 aromatic heterocycles. The van der Waals surface area contributed by atoms with E-state index < -0.39 is 0 Å². The van der Waals surface area contributed by atoms with Crippen LogP contribution in [0.2, 0.25) is 5.02 Å². The molecule has 0 radical (unpaired) electrons. The second-order valence-electron chi connectivity index (χ2n) is 8.74. The molecule has 0 aliphatic carbocycles. The summed E-state index contributed by atoms with van der Waals surface area (Å²) in [6.07, 6.45) is 5.57. The first-order valence-corrected chi connectivity index (χ1v) is 13.2. The van der Waals surface area contributed by atoms with Gasteiger partial charge in [0, 0.05) is 29.2 Å². The lowest BCUT2D eigenvalue weighted by molar-refractivity contribution is -0.116. The third-order valence-corrected chi connectivity index (χ3v) is 8.23. The summed E-state index contributed by atoms with van der Waals surface area (Å²) in [5.74, 6) is 1.60. The summed E-state index contributed by atoms with van der Waals surface area (Å²) in [5, 5.41) is 13.3. The van der Waals surface area contributed by atoms with E-state index >= 15 is 0 Å². The van der Waals surface area contributed by atoms with E-state index in [9.17, 15) is 9.59 Å². The minimum atomic E-state index is -0.0562. The van der Waals surface area contributed by atoms with Crippen molar-refractivity contribution < 1.29 is 9.59 Å². The average molecular weight is 503 g/mol. The molecular weight excluding hydrogens is 472 g/mol.